The van der Waals surface area contributed by atoms with Crippen LogP contribution in [-0.4, -0.2) is 46.8 Å². The standard InChI is InChI=1S/C24H25ClN4O2/c1-24(2,18-9-5-3-6-10-18)23(31)28-15-13-27(14-16-28)20-17-26-29(22(30)21(20)25)19-11-7-4-8-12-19/h3-12,17H,13-16H2,1-2H3. The van der Waals surface area contributed by atoms with E-state index in [9.17, 15) is 9.59 Å². The highest BCUT2D eigenvalue weighted by atomic mass is 35.5. The third-order valence-electron chi connectivity index (χ3n) is 5.84. The summed E-state index contributed by atoms with van der Waals surface area (Å²) in [5.74, 6) is 0.0991. The second kappa shape index (κ2) is 8.55. The first-order valence-electron chi connectivity index (χ1n) is 10.3. The molecule has 3 aromatic rings. The van der Waals surface area contributed by atoms with Crippen molar-refractivity contribution in [2.75, 3.05) is 31.1 Å². The van der Waals surface area contributed by atoms with Gasteiger partial charge in [-0.05, 0) is 31.5 Å². The van der Waals surface area contributed by atoms with Crippen LogP contribution in [-0.2, 0) is 10.2 Å². The van der Waals surface area contributed by atoms with Gasteiger partial charge in [0.25, 0.3) is 5.56 Å². The van der Waals surface area contributed by atoms with Gasteiger partial charge >= 0.3 is 0 Å². The van der Waals surface area contributed by atoms with Crippen LogP contribution in [0, 0.1) is 0 Å². The fourth-order valence-electron chi connectivity index (χ4n) is 3.92. The minimum Gasteiger partial charge on any atom is -0.365 e. The molecule has 2 aromatic carbocycles. The van der Waals surface area contributed by atoms with E-state index >= 15 is 0 Å². The molecule has 1 aliphatic rings. The third kappa shape index (κ3) is 4.08. The molecule has 0 aliphatic carbocycles. The molecule has 7 heteroatoms. The van der Waals surface area contributed by atoms with E-state index in [1.165, 1.54) is 4.68 Å². The fraction of sp³-hybridized carbons (Fsp3) is 0.292. The van der Waals surface area contributed by atoms with Crippen molar-refractivity contribution in [1.29, 1.82) is 0 Å². The molecule has 2 heterocycles. The zero-order chi connectivity index (χ0) is 22.0. The second-order valence-corrected chi connectivity index (χ2v) is 8.54. The van der Waals surface area contributed by atoms with Gasteiger partial charge in [0.05, 0.1) is 23.0 Å². The number of hydrogen-bond acceptors (Lipinski definition) is 4. The molecular formula is C24H25ClN4O2. The Morgan fingerprint density at radius 1 is 0.935 bits per heavy atom. The van der Waals surface area contributed by atoms with Crippen molar-refractivity contribution in [3.63, 3.8) is 0 Å². The maximum absolute atomic E-state index is 13.2. The molecule has 6 nitrogen and oxygen atoms in total. The van der Waals surface area contributed by atoms with E-state index in [4.69, 9.17) is 11.6 Å². The summed E-state index contributed by atoms with van der Waals surface area (Å²) in [5.41, 5.74) is 1.32. The lowest BCUT2D eigenvalue weighted by atomic mass is 9.83. The third-order valence-corrected chi connectivity index (χ3v) is 6.19. The van der Waals surface area contributed by atoms with Gasteiger partial charge in [-0.15, -0.1) is 0 Å². The van der Waals surface area contributed by atoms with Crippen molar-refractivity contribution < 1.29 is 4.79 Å². The second-order valence-electron chi connectivity index (χ2n) is 8.17. The van der Waals surface area contributed by atoms with Crippen LogP contribution in [0.1, 0.15) is 19.4 Å². The summed E-state index contributed by atoms with van der Waals surface area (Å²) in [6.45, 7) is 6.22. The molecule has 1 saturated heterocycles. The summed E-state index contributed by atoms with van der Waals surface area (Å²) in [4.78, 5) is 29.9. The van der Waals surface area contributed by atoms with Crippen LogP contribution < -0.4 is 10.5 Å². The molecule has 4 rings (SSSR count). The summed E-state index contributed by atoms with van der Waals surface area (Å²) in [6.07, 6.45) is 1.63. The first kappa shape index (κ1) is 21.1. The molecule has 1 aromatic heterocycles. The van der Waals surface area contributed by atoms with Crippen LogP contribution in [0.4, 0.5) is 5.69 Å². The van der Waals surface area contributed by atoms with Crippen LogP contribution >= 0.6 is 11.6 Å². The highest BCUT2D eigenvalue weighted by Crippen LogP contribution is 2.28. The molecule has 0 spiro atoms. The zero-order valence-electron chi connectivity index (χ0n) is 17.7. The molecule has 160 valence electrons. The maximum Gasteiger partial charge on any atom is 0.292 e. The SMILES string of the molecule is CC(C)(C(=O)N1CCN(c2cnn(-c3ccccc3)c(=O)c2Cl)CC1)c1ccccc1. The zero-order valence-corrected chi connectivity index (χ0v) is 18.4. The molecule has 1 fully saturated rings. The Morgan fingerprint density at radius 3 is 2.13 bits per heavy atom. The lowest BCUT2D eigenvalue weighted by molar-refractivity contribution is -0.136. The number of rotatable bonds is 4. The minimum atomic E-state index is -0.598. The highest BCUT2D eigenvalue weighted by Gasteiger charge is 2.35. The monoisotopic (exact) mass is 436 g/mol. The van der Waals surface area contributed by atoms with Gasteiger partial charge < -0.3 is 9.80 Å². The van der Waals surface area contributed by atoms with Crippen LogP contribution in [0.15, 0.2) is 71.7 Å². The normalized spacial score (nSPS) is 14.5. The number of amides is 1. The number of nitrogens with zero attached hydrogens (tertiary/aromatic N) is 4. The van der Waals surface area contributed by atoms with Crippen molar-refractivity contribution in [3.8, 4) is 5.69 Å². The minimum absolute atomic E-state index is 0.0991. The Balaban J connectivity index is 1.49. The molecule has 0 bridgehead atoms. The Kier molecular flexibility index (Phi) is 5.83. The van der Waals surface area contributed by atoms with Crippen LogP contribution in [0.25, 0.3) is 5.69 Å². The summed E-state index contributed by atoms with van der Waals surface area (Å²) < 4.78 is 1.30. The topological polar surface area (TPSA) is 58.4 Å². The predicted molar refractivity (Wildman–Crippen MR) is 123 cm³/mol. The number of anilines is 1. The van der Waals surface area contributed by atoms with Crippen LogP contribution in [0.2, 0.25) is 5.02 Å². The van der Waals surface area contributed by atoms with Gasteiger partial charge in [-0.25, -0.2) is 0 Å². The number of carbonyl (C=O) groups is 1. The van der Waals surface area contributed by atoms with E-state index in [1.54, 1.807) is 6.20 Å². The molecule has 31 heavy (non-hydrogen) atoms. The number of benzene rings is 2. The first-order valence-corrected chi connectivity index (χ1v) is 10.7. The molecular weight excluding hydrogens is 412 g/mol. The molecule has 1 aliphatic heterocycles. The van der Waals surface area contributed by atoms with Gasteiger partial charge in [0, 0.05) is 26.2 Å². The Morgan fingerprint density at radius 2 is 1.52 bits per heavy atom. The number of hydrogen-bond donors (Lipinski definition) is 0. The Bertz CT molecular complexity index is 1120. The number of carbonyl (C=O) groups excluding carboxylic acids is 1. The maximum atomic E-state index is 13.2. The van der Waals surface area contributed by atoms with Gasteiger partial charge in [-0.2, -0.15) is 9.78 Å². The Hall–Kier alpha value is -3.12. The number of halogens is 1. The number of piperazine rings is 1. The fourth-order valence-corrected chi connectivity index (χ4v) is 4.17. The van der Waals surface area contributed by atoms with E-state index in [1.807, 2.05) is 84.3 Å². The average Bonchev–Trinajstić information content (AvgIpc) is 2.81. The molecule has 0 N–H and O–H groups in total. The number of para-hydroxylation sites is 1. The Labute approximate surface area is 186 Å². The highest BCUT2D eigenvalue weighted by molar-refractivity contribution is 6.33. The van der Waals surface area contributed by atoms with E-state index in [0.29, 0.717) is 37.6 Å². The van der Waals surface area contributed by atoms with Crippen LogP contribution in [0.5, 0.6) is 0 Å². The summed E-state index contributed by atoms with van der Waals surface area (Å²) in [5, 5.41) is 4.46. The molecule has 1 amide bonds. The van der Waals surface area contributed by atoms with Crippen molar-refractivity contribution in [2.24, 2.45) is 0 Å². The van der Waals surface area contributed by atoms with Gasteiger partial charge in [-0.3, -0.25) is 9.59 Å². The molecule has 0 radical (unpaired) electrons. The molecule has 0 atom stereocenters. The summed E-state index contributed by atoms with van der Waals surface area (Å²) >= 11 is 6.44. The van der Waals surface area contributed by atoms with Crippen molar-refractivity contribution in [3.05, 3.63) is 87.8 Å². The van der Waals surface area contributed by atoms with Crippen molar-refractivity contribution in [2.45, 2.75) is 19.3 Å². The van der Waals surface area contributed by atoms with Gasteiger partial charge in [0.15, 0.2) is 0 Å². The number of aromatic nitrogens is 2. The van der Waals surface area contributed by atoms with Crippen LogP contribution in [0.3, 0.4) is 0 Å². The average molecular weight is 437 g/mol. The van der Waals surface area contributed by atoms with E-state index < -0.39 is 5.41 Å². The van der Waals surface area contributed by atoms with Gasteiger partial charge in [0.1, 0.15) is 5.02 Å². The first-order chi connectivity index (χ1) is 14.9. The molecule has 0 unspecified atom stereocenters. The molecule has 0 saturated carbocycles. The smallest absolute Gasteiger partial charge is 0.292 e. The summed E-state index contributed by atoms with van der Waals surface area (Å²) in [7, 11) is 0. The van der Waals surface area contributed by atoms with Gasteiger partial charge in [-0.1, -0.05) is 60.1 Å². The quantitative estimate of drug-likeness (QED) is 0.628. The van der Waals surface area contributed by atoms with Crippen molar-refractivity contribution in [1.82, 2.24) is 14.7 Å². The summed E-state index contributed by atoms with van der Waals surface area (Å²) in [6, 6.07) is 19.0. The largest absolute Gasteiger partial charge is 0.365 e. The van der Waals surface area contributed by atoms with E-state index in [-0.39, 0.29) is 16.5 Å². The van der Waals surface area contributed by atoms with Gasteiger partial charge in [0.2, 0.25) is 5.91 Å². The van der Waals surface area contributed by atoms with Crippen molar-refractivity contribution >= 4 is 23.2 Å². The lowest BCUT2D eigenvalue weighted by Gasteiger charge is -2.39. The van der Waals surface area contributed by atoms with E-state index in [2.05, 4.69) is 5.10 Å². The van der Waals surface area contributed by atoms with E-state index in [0.717, 1.165) is 5.56 Å². The lowest BCUT2D eigenvalue weighted by Crippen LogP contribution is -2.53. The predicted octanol–water partition coefficient (Wildman–Crippen LogP) is 3.51.